The summed E-state index contributed by atoms with van der Waals surface area (Å²) in [5.41, 5.74) is 1.56. The van der Waals surface area contributed by atoms with Gasteiger partial charge in [-0.1, -0.05) is 6.08 Å². The van der Waals surface area contributed by atoms with Gasteiger partial charge in [0.1, 0.15) is 17.4 Å². The van der Waals surface area contributed by atoms with Crippen LogP contribution in [-0.2, 0) is 13.0 Å². The normalized spacial score (nSPS) is 14.4. The van der Waals surface area contributed by atoms with Crippen molar-refractivity contribution < 1.29 is 9.13 Å². The highest BCUT2D eigenvalue weighted by molar-refractivity contribution is 5.98. The fourth-order valence-corrected chi connectivity index (χ4v) is 2.94. The van der Waals surface area contributed by atoms with Crippen molar-refractivity contribution in [2.24, 2.45) is 9.98 Å². The Hall–Kier alpha value is -3.09. The van der Waals surface area contributed by atoms with Gasteiger partial charge in [0.05, 0.1) is 7.11 Å². The van der Waals surface area contributed by atoms with Crippen molar-refractivity contribution in [2.45, 2.75) is 19.9 Å². The van der Waals surface area contributed by atoms with E-state index in [4.69, 9.17) is 4.74 Å². The maximum atomic E-state index is 14.1. The third-order valence-corrected chi connectivity index (χ3v) is 4.19. The van der Waals surface area contributed by atoms with Gasteiger partial charge < -0.3 is 9.64 Å². The van der Waals surface area contributed by atoms with E-state index in [1.807, 2.05) is 13.0 Å². The molecule has 1 aromatic heterocycles. The highest BCUT2D eigenvalue weighted by atomic mass is 19.1. The van der Waals surface area contributed by atoms with E-state index in [0.717, 1.165) is 11.4 Å². The molecule has 6 nitrogen and oxygen atoms in total. The maximum absolute atomic E-state index is 14.1. The number of benzene rings is 1. The largest absolute Gasteiger partial charge is 0.496 e. The Morgan fingerprint density at radius 1 is 1.35 bits per heavy atom. The first kappa shape index (κ1) is 17.7. The van der Waals surface area contributed by atoms with E-state index < -0.39 is 0 Å². The van der Waals surface area contributed by atoms with Crippen LogP contribution in [0.15, 0.2) is 46.7 Å². The van der Waals surface area contributed by atoms with Gasteiger partial charge >= 0.3 is 0 Å². The van der Waals surface area contributed by atoms with E-state index in [1.54, 1.807) is 31.6 Å². The minimum absolute atomic E-state index is 0.194. The number of nitrogens with zero attached hydrogens (tertiary/aromatic N) is 5. The number of amidine groups is 1. The van der Waals surface area contributed by atoms with Crippen LogP contribution in [0.25, 0.3) is 0 Å². The number of hydrogen-bond acceptors (Lipinski definition) is 5. The predicted molar refractivity (Wildman–Crippen MR) is 101 cm³/mol. The molecule has 0 atom stereocenters. The topological polar surface area (TPSA) is 63.0 Å². The summed E-state index contributed by atoms with van der Waals surface area (Å²) in [6.07, 6.45) is 5.64. The monoisotopic (exact) mass is 353 g/mol. The van der Waals surface area contributed by atoms with Gasteiger partial charge in [-0.3, -0.25) is 0 Å². The summed E-state index contributed by atoms with van der Waals surface area (Å²) in [6, 6.07) is 4.93. The number of anilines is 1. The smallest absolute Gasteiger partial charge is 0.199 e. The van der Waals surface area contributed by atoms with Gasteiger partial charge in [-0.25, -0.2) is 24.3 Å². The number of rotatable bonds is 4. The van der Waals surface area contributed by atoms with Crippen LogP contribution in [0.3, 0.4) is 0 Å². The Bertz CT molecular complexity index is 878. The minimum Gasteiger partial charge on any atom is -0.496 e. The summed E-state index contributed by atoms with van der Waals surface area (Å²) in [5, 5.41) is 0. The fourth-order valence-electron chi connectivity index (χ4n) is 2.94. The molecule has 1 aliphatic rings. The van der Waals surface area contributed by atoms with Gasteiger partial charge in [-0.2, -0.15) is 0 Å². The standard InChI is InChI=1S/C19H20FN5O/c1-4-9-22-18(21-2)19-23-10-7-17(24-19)25-11-8-13-14(12-25)16(26-3)6-5-15(13)20/h4-7,9-10H,2,8,11-12H2,1,3H3/b9-4-,22-18?. The summed E-state index contributed by atoms with van der Waals surface area (Å²) in [4.78, 5) is 18.9. The molecule has 0 radical (unpaired) electrons. The number of halogens is 1. The van der Waals surface area contributed by atoms with Crippen LogP contribution in [0, 0.1) is 5.82 Å². The molecule has 0 saturated carbocycles. The molecule has 0 N–H and O–H groups in total. The van der Waals surface area contributed by atoms with Crippen LogP contribution in [0.5, 0.6) is 5.75 Å². The Labute approximate surface area is 151 Å². The molecule has 0 aliphatic carbocycles. The van der Waals surface area contributed by atoms with E-state index >= 15 is 0 Å². The van der Waals surface area contributed by atoms with Gasteiger partial charge in [0.2, 0.25) is 0 Å². The van der Waals surface area contributed by atoms with Gasteiger partial charge in [-0.15, -0.1) is 0 Å². The van der Waals surface area contributed by atoms with Crippen LogP contribution in [0.1, 0.15) is 23.9 Å². The molecule has 0 bridgehead atoms. The lowest BCUT2D eigenvalue weighted by Gasteiger charge is -2.31. The highest BCUT2D eigenvalue weighted by Crippen LogP contribution is 2.31. The third kappa shape index (κ3) is 3.46. The molecular weight excluding hydrogens is 333 g/mol. The predicted octanol–water partition coefficient (Wildman–Crippen LogP) is 3.17. The number of fused-ring (bicyclic) bond motifs is 1. The Kier molecular flexibility index (Phi) is 5.36. The molecule has 3 rings (SSSR count). The Balaban J connectivity index is 1.93. The number of hydrogen-bond donors (Lipinski definition) is 0. The lowest BCUT2D eigenvalue weighted by Crippen LogP contribution is -2.32. The maximum Gasteiger partial charge on any atom is 0.199 e. The number of aliphatic imine (C=N–C) groups is 2. The Morgan fingerprint density at radius 3 is 2.92 bits per heavy atom. The van der Waals surface area contributed by atoms with Crippen molar-refractivity contribution in [2.75, 3.05) is 18.6 Å². The zero-order chi connectivity index (χ0) is 18.5. The number of allylic oxidation sites excluding steroid dienone is 1. The average Bonchev–Trinajstić information content (AvgIpc) is 2.69. The van der Waals surface area contributed by atoms with Crippen molar-refractivity contribution >= 4 is 18.4 Å². The van der Waals surface area contributed by atoms with E-state index in [2.05, 4.69) is 31.6 Å². The number of ether oxygens (including phenoxy) is 1. The molecular formula is C19H20FN5O. The van der Waals surface area contributed by atoms with E-state index in [-0.39, 0.29) is 5.82 Å². The number of aromatic nitrogens is 2. The lowest BCUT2D eigenvalue weighted by molar-refractivity contribution is 0.404. The second-order valence-corrected chi connectivity index (χ2v) is 5.71. The molecule has 0 amide bonds. The van der Waals surface area contributed by atoms with Crippen molar-refractivity contribution in [1.82, 2.24) is 9.97 Å². The molecule has 0 unspecified atom stereocenters. The molecule has 2 heterocycles. The first-order valence-electron chi connectivity index (χ1n) is 8.26. The Morgan fingerprint density at radius 2 is 2.19 bits per heavy atom. The van der Waals surface area contributed by atoms with Crippen LogP contribution in [0.2, 0.25) is 0 Å². The van der Waals surface area contributed by atoms with Gasteiger partial charge in [-0.05, 0) is 43.8 Å². The zero-order valence-corrected chi connectivity index (χ0v) is 14.8. The lowest BCUT2D eigenvalue weighted by atomic mass is 9.98. The van der Waals surface area contributed by atoms with Crippen LogP contribution in [0.4, 0.5) is 10.2 Å². The van der Waals surface area contributed by atoms with E-state index in [9.17, 15) is 4.39 Å². The first-order chi connectivity index (χ1) is 12.7. The van der Waals surface area contributed by atoms with Crippen molar-refractivity contribution in [3.63, 3.8) is 0 Å². The molecule has 0 spiro atoms. The minimum atomic E-state index is -0.194. The summed E-state index contributed by atoms with van der Waals surface area (Å²) in [7, 11) is 1.59. The van der Waals surface area contributed by atoms with Crippen LogP contribution >= 0.6 is 0 Å². The SMILES string of the molecule is C=NC(=N/C=C\C)c1nccc(N2CCc3c(F)ccc(OC)c3C2)n1. The first-order valence-corrected chi connectivity index (χ1v) is 8.26. The molecule has 1 aliphatic heterocycles. The van der Waals surface area contributed by atoms with Crippen LogP contribution < -0.4 is 9.64 Å². The van der Waals surface area contributed by atoms with E-state index in [1.165, 1.54) is 6.07 Å². The zero-order valence-electron chi connectivity index (χ0n) is 14.8. The molecule has 7 heteroatoms. The van der Waals surface area contributed by atoms with Crippen LogP contribution in [-0.4, -0.2) is 36.2 Å². The van der Waals surface area contributed by atoms with Gasteiger partial charge in [0.25, 0.3) is 0 Å². The second-order valence-electron chi connectivity index (χ2n) is 5.71. The molecule has 0 fully saturated rings. The summed E-state index contributed by atoms with van der Waals surface area (Å²) in [6.45, 7) is 6.55. The molecule has 26 heavy (non-hydrogen) atoms. The second kappa shape index (κ2) is 7.86. The average molecular weight is 353 g/mol. The van der Waals surface area contributed by atoms with Gasteiger partial charge in [0, 0.05) is 31.0 Å². The third-order valence-electron chi connectivity index (χ3n) is 4.19. The summed E-state index contributed by atoms with van der Waals surface area (Å²) >= 11 is 0. The van der Waals surface area contributed by atoms with E-state index in [0.29, 0.717) is 42.5 Å². The summed E-state index contributed by atoms with van der Waals surface area (Å²) in [5.74, 6) is 1.96. The highest BCUT2D eigenvalue weighted by Gasteiger charge is 2.24. The number of methoxy groups -OCH3 is 1. The van der Waals surface area contributed by atoms with Crippen molar-refractivity contribution in [3.8, 4) is 5.75 Å². The summed E-state index contributed by atoms with van der Waals surface area (Å²) < 4.78 is 19.5. The van der Waals surface area contributed by atoms with Crippen molar-refractivity contribution in [1.29, 1.82) is 0 Å². The molecule has 2 aromatic rings. The molecule has 0 saturated heterocycles. The van der Waals surface area contributed by atoms with Gasteiger partial charge in [0.15, 0.2) is 11.7 Å². The quantitative estimate of drug-likeness (QED) is 0.626. The molecule has 134 valence electrons. The van der Waals surface area contributed by atoms with Crippen molar-refractivity contribution in [3.05, 3.63) is 59.4 Å². The molecule has 1 aromatic carbocycles. The fraction of sp³-hybridized carbons (Fsp3) is 0.263.